The molecule has 0 unspecified atom stereocenters. The van der Waals surface area contributed by atoms with Crippen molar-refractivity contribution in [3.8, 4) is 0 Å². The summed E-state index contributed by atoms with van der Waals surface area (Å²) in [5.41, 5.74) is 3.34. The summed E-state index contributed by atoms with van der Waals surface area (Å²) in [5, 5.41) is 9.84. The fourth-order valence-electron chi connectivity index (χ4n) is 3.09. The normalized spacial score (nSPS) is 12.4. The zero-order valence-electron chi connectivity index (χ0n) is 17.9. The topological polar surface area (TPSA) is 110 Å². The summed E-state index contributed by atoms with van der Waals surface area (Å²) in [7, 11) is -3.27. The zero-order valence-corrected chi connectivity index (χ0v) is 18.8. The van der Waals surface area contributed by atoms with Crippen LogP contribution in [0, 0.1) is 20.8 Å². The van der Waals surface area contributed by atoms with Gasteiger partial charge >= 0.3 is 0 Å². The molecule has 0 aliphatic heterocycles. The number of nitrogens with zero attached hydrogens (tertiary/aromatic N) is 2. The van der Waals surface area contributed by atoms with E-state index >= 15 is 0 Å². The maximum atomic E-state index is 12.6. The Morgan fingerprint density at radius 1 is 1.17 bits per heavy atom. The minimum absolute atomic E-state index is 0.0136. The molecule has 9 heteroatoms. The Hall–Kier alpha value is -2.68. The highest BCUT2D eigenvalue weighted by molar-refractivity contribution is 7.90. The predicted molar refractivity (Wildman–Crippen MR) is 116 cm³/mol. The first-order valence-corrected chi connectivity index (χ1v) is 12.0. The summed E-state index contributed by atoms with van der Waals surface area (Å²) in [4.78, 5) is 25.2. The second kappa shape index (κ2) is 10.4. The van der Waals surface area contributed by atoms with Gasteiger partial charge in [-0.25, -0.2) is 8.42 Å². The molecule has 2 N–H and O–H groups in total. The molecule has 1 aromatic carbocycles. The number of aryl methyl sites for hydroxylation is 4. The average Bonchev–Trinajstić information content (AvgIpc) is 2.98. The van der Waals surface area contributed by atoms with E-state index < -0.39 is 27.7 Å². The third kappa shape index (κ3) is 7.62. The van der Waals surface area contributed by atoms with Gasteiger partial charge in [0.2, 0.25) is 5.91 Å². The lowest BCUT2D eigenvalue weighted by Gasteiger charge is -2.18. The number of sulfone groups is 1. The lowest BCUT2D eigenvalue weighted by molar-refractivity contribution is -0.123. The highest BCUT2D eigenvalue weighted by Crippen LogP contribution is 2.06. The van der Waals surface area contributed by atoms with E-state index in [4.69, 9.17) is 0 Å². The van der Waals surface area contributed by atoms with Crippen LogP contribution >= 0.6 is 0 Å². The Morgan fingerprint density at radius 3 is 2.50 bits per heavy atom. The van der Waals surface area contributed by atoms with Gasteiger partial charge < -0.3 is 10.6 Å². The molecule has 1 heterocycles. The van der Waals surface area contributed by atoms with E-state index in [-0.39, 0.29) is 12.2 Å². The monoisotopic (exact) mass is 434 g/mol. The summed E-state index contributed by atoms with van der Waals surface area (Å²) in [6, 6.07) is 8.06. The first-order valence-electron chi connectivity index (χ1n) is 9.89. The van der Waals surface area contributed by atoms with Crippen molar-refractivity contribution in [2.75, 3.05) is 18.6 Å². The Morgan fingerprint density at radius 2 is 1.90 bits per heavy atom. The van der Waals surface area contributed by atoms with Crippen LogP contribution in [0.1, 0.15) is 40.2 Å². The van der Waals surface area contributed by atoms with Crippen LogP contribution in [0.3, 0.4) is 0 Å². The number of nitrogens with one attached hydrogen (secondary N) is 2. The van der Waals surface area contributed by atoms with Crippen molar-refractivity contribution in [3.05, 3.63) is 52.8 Å². The van der Waals surface area contributed by atoms with Crippen LogP contribution in [0.5, 0.6) is 0 Å². The number of hydrogen-bond acceptors (Lipinski definition) is 5. The van der Waals surface area contributed by atoms with E-state index in [1.54, 1.807) is 18.2 Å². The van der Waals surface area contributed by atoms with Gasteiger partial charge in [0, 0.05) is 30.6 Å². The highest BCUT2D eigenvalue weighted by atomic mass is 32.2. The number of amides is 2. The summed E-state index contributed by atoms with van der Waals surface area (Å²) in [6.07, 6.45) is 1.79. The van der Waals surface area contributed by atoms with Gasteiger partial charge in [0.05, 0.1) is 11.4 Å². The van der Waals surface area contributed by atoms with Gasteiger partial charge in [0.1, 0.15) is 15.9 Å². The Labute approximate surface area is 178 Å². The number of rotatable bonds is 10. The maximum absolute atomic E-state index is 12.6. The van der Waals surface area contributed by atoms with Crippen LogP contribution in [0.15, 0.2) is 30.3 Å². The quantitative estimate of drug-likeness (QED) is 0.551. The molecule has 1 atom stereocenters. The summed E-state index contributed by atoms with van der Waals surface area (Å²) >= 11 is 0. The molecule has 0 radical (unpaired) electrons. The molecule has 2 rings (SSSR count). The summed E-state index contributed by atoms with van der Waals surface area (Å²) < 4.78 is 25.0. The lowest BCUT2D eigenvalue weighted by atomic mass is 10.1. The minimum atomic E-state index is -3.27. The number of carbonyl (C=O) groups is 2. The van der Waals surface area contributed by atoms with Crippen molar-refractivity contribution < 1.29 is 18.0 Å². The second-order valence-electron chi connectivity index (χ2n) is 7.61. The van der Waals surface area contributed by atoms with E-state index in [0.717, 1.165) is 23.2 Å². The molecule has 0 saturated heterocycles. The predicted octanol–water partition coefficient (Wildman–Crippen LogP) is 1.55. The molecule has 2 amide bonds. The largest absolute Gasteiger partial charge is 0.354 e. The molecule has 164 valence electrons. The Balaban J connectivity index is 1.95. The van der Waals surface area contributed by atoms with Gasteiger partial charge in [0.15, 0.2) is 0 Å². The standard InChI is InChI=1S/C21H30N4O4S/c1-15-7-5-8-18(13-15)20(26)23-19(9-12-30(4,28)29)21(27)22-10-6-11-25-17(3)14-16(2)24-25/h5,7-8,13-14,19H,6,9-12H2,1-4H3,(H,22,27)(H,23,26)/t19-/m0/s1. The van der Waals surface area contributed by atoms with Crippen LogP contribution in [-0.2, 0) is 21.2 Å². The molecular weight excluding hydrogens is 404 g/mol. The maximum Gasteiger partial charge on any atom is 0.251 e. The highest BCUT2D eigenvalue weighted by Gasteiger charge is 2.23. The minimum Gasteiger partial charge on any atom is -0.354 e. The number of hydrogen-bond donors (Lipinski definition) is 2. The third-order valence-corrected chi connectivity index (χ3v) is 5.61. The van der Waals surface area contributed by atoms with Crippen molar-refractivity contribution in [2.45, 2.75) is 46.2 Å². The van der Waals surface area contributed by atoms with Crippen LogP contribution in [0.25, 0.3) is 0 Å². The van der Waals surface area contributed by atoms with Gasteiger partial charge in [-0.3, -0.25) is 14.3 Å². The van der Waals surface area contributed by atoms with E-state index in [9.17, 15) is 18.0 Å². The Kier molecular flexibility index (Phi) is 8.16. The fraction of sp³-hybridized carbons (Fsp3) is 0.476. The van der Waals surface area contributed by atoms with Crippen LogP contribution in [-0.4, -0.2) is 54.6 Å². The smallest absolute Gasteiger partial charge is 0.251 e. The first-order chi connectivity index (χ1) is 14.0. The number of aromatic nitrogens is 2. The van der Waals surface area contributed by atoms with Gasteiger partial charge in [-0.15, -0.1) is 0 Å². The SMILES string of the molecule is Cc1cccc(C(=O)N[C@@H](CCS(C)(=O)=O)C(=O)NCCCn2nc(C)cc2C)c1. The van der Waals surface area contributed by atoms with E-state index in [2.05, 4.69) is 15.7 Å². The lowest BCUT2D eigenvalue weighted by Crippen LogP contribution is -2.47. The summed E-state index contributed by atoms with van der Waals surface area (Å²) in [6.45, 7) is 6.82. The molecular formula is C21H30N4O4S. The van der Waals surface area contributed by atoms with Crippen molar-refractivity contribution >= 4 is 21.7 Å². The Bertz CT molecular complexity index is 998. The van der Waals surface area contributed by atoms with Crippen molar-refractivity contribution in [1.82, 2.24) is 20.4 Å². The first kappa shape index (κ1) is 23.6. The molecule has 0 aliphatic rings. The zero-order chi connectivity index (χ0) is 22.3. The van der Waals surface area contributed by atoms with Crippen molar-refractivity contribution in [1.29, 1.82) is 0 Å². The third-order valence-electron chi connectivity index (χ3n) is 4.63. The molecule has 2 aromatic rings. The van der Waals surface area contributed by atoms with Crippen molar-refractivity contribution in [2.24, 2.45) is 0 Å². The molecule has 30 heavy (non-hydrogen) atoms. The van der Waals surface area contributed by atoms with Gasteiger partial charge in [-0.1, -0.05) is 17.7 Å². The molecule has 8 nitrogen and oxygen atoms in total. The molecule has 0 fully saturated rings. The van der Waals surface area contributed by atoms with Crippen LogP contribution in [0.4, 0.5) is 0 Å². The molecule has 0 aliphatic carbocycles. The average molecular weight is 435 g/mol. The number of carbonyl (C=O) groups excluding carboxylic acids is 2. The van der Waals surface area contributed by atoms with E-state index in [1.807, 2.05) is 37.6 Å². The van der Waals surface area contributed by atoms with E-state index in [1.165, 1.54) is 0 Å². The molecule has 0 saturated carbocycles. The van der Waals surface area contributed by atoms with Crippen LogP contribution < -0.4 is 10.6 Å². The van der Waals surface area contributed by atoms with Crippen molar-refractivity contribution in [3.63, 3.8) is 0 Å². The van der Waals surface area contributed by atoms with Gasteiger partial charge in [-0.2, -0.15) is 5.10 Å². The molecule has 0 bridgehead atoms. The van der Waals surface area contributed by atoms with Gasteiger partial charge in [-0.05, 0) is 51.8 Å². The molecule has 0 spiro atoms. The number of benzene rings is 1. The van der Waals surface area contributed by atoms with Gasteiger partial charge in [0.25, 0.3) is 5.91 Å². The van der Waals surface area contributed by atoms with Crippen LogP contribution in [0.2, 0.25) is 0 Å². The van der Waals surface area contributed by atoms with E-state index in [0.29, 0.717) is 25.1 Å². The molecule has 1 aromatic heterocycles. The second-order valence-corrected chi connectivity index (χ2v) is 9.87. The summed E-state index contributed by atoms with van der Waals surface area (Å²) in [5.74, 6) is -0.992. The fourth-order valence-corrected chi connectivity index (χ4v) is 3.76.